The van der Waals surface area contributed by atoms with Crippen LogP contribution in [0, 0.1) is 11.7 Å². The first-order chi connectivity index (χ1) is 7.63. The molecule has 0 spiro atoms. The van der Waals surface area contributed by atoms with Gasteiger partial charge in [-0.05, 0) is 37.1 Å². The molecule has 1 unspecified atom stereocenters. The van der Waals surface area contributed by atoms with Crippen molar-refractivity contribution in [2.24, 2.45) is 5.92 Å². The van der Waals surface area contributed by atoms with Gasteiger partial charge in [-0.2, -0.15) is 0 Å². The summed E-state index contributed by atoms with van der Waals surface area (Å²) in [7, 11) is 0. The normalized spacial score (nSPS) is 12.8. The minimum atomic E-state index is -0.244. The fraction of sp³-hybridized carbons (Fsp3) is 0.500. The minimum Gasteiger partial charge on any atom is -0.396 e. The second-order valence-corrected chi connectivity index (χ2v) is 4.42. The zero-order valence-electron chi connectivity index (χ0n) is 9.34. The van der Waals surface area contributed by atoms with Crippen molar-refractivity contribution < 1.29 is 9.50 Å². The van der Waals surface area contributed by atoms with Gasteiger partial charge in [-0.25, -0.2) is 4.39 Å². The molecule has 1 atom stereocenters. The fourth-order valence-corrected chi connectivity index (χ4v) is 1.65. The first kappa shape index (κ1) is 13.4. The molecular formula is C12H17ClFNO. The number of hydrogen-bond acceptors (Lipinski definition) is 2. The molecule has 0 radical (unpaired) electrons. The molecule has 0 aromatic heterocycles. The number of aliphatic hydroxyl groups is 1. The molecule has 0 heterocycles. The molecule has 4 heteroatoms. The van der Waals surface area contributed by atoms with Crippen LogP contribution in [0.25, 0.3) is 0 Å². The van der Waals surface area contributed by atoms with Crippen molar-refractivity contribution >= 4 is 11.6 Å². The highest BCUT2D eigenvalue weighted by molar-refractivity contribution is 6.30. The minimum absolute atomic E-state index is 0.189. The largest absolute Gasteiger partial charge is 0.396 e. The first-order valence-corrected chi connectivity index (χ1v) is 5.76. The Morgan fingerprint density at radius 3 is 2.94 bits per heavy atom. The van der Waals surface area contributed by atoms with Gasteiger partial charge >= 0.3 is 0 Å². The van der Waals surface area contributed by atoms with Crippen LogP contribution in [0.2, 0.25) is 5.02 Å². The highest BCUT2D eigenvalue weighted by Crippen LogP contribution is 2.14. The summed E-state index contributed by atoms with van der Waals surface area (Å²) < 4.78 is 13.3. The molecule has 1 aromatic carbocycles. The molecule has 2 N–H and O–H groups in total. The maximum absolute atomic E-state index is 13.3. The smallest absolute Gasteiger partial charge is 0.127 e. The van der Waals surface area contributed by atoms with Crippen LogP contribution in [-0.2, 0) is 6.54 Å². The van der Waals surface area contributed by atoms with Crippen LogP contribution in [0.1, 0.15) is 18.9 Å². The van der Waals surface area contributed by atoms with E-state index in [1.807, 2.05) is 6.92 Å². The van der Waals surface area contributed by atoms with E-state index in [0.29, 0.717) is 23.0 Å². The van der Waals surface area contributed by atoms with Crippen molar-refractivity contribution in [3.05, 3.63) is 34.6 Å². The molecule has 16 heavy (non-hydrogen) atoms. The monoisotopic (exact) mass is 245 g/mol. The van der Waals surface area contributed by atoms with Crippen molar-refractivity contribution in [1.29, 1.82) is 0 Å². The molecule has 0 aliphatic carbocycles. The number of benzene rings is 1. The highest BCUT2D eigenvalue weighted by Gasteiger charge is 2.04. The Hall–Kier alpha value is -0.640. The number of aliphatic hydroxyl groups excluding tert-OH is 1. The van der Waals surface area contributed by atoms with E-state index in [1.54, 1.807) is 6.07 Å². The maximum atomic E-state index is 13.3. The van der Waals surface area contributed by atoms with Crippen LogP contribution in [0.4, 0.5) is 4.39 Å². The van der Waals surface area contributed by atoms with Crippen molar-refractivity contribution in [3.63, 3.8) is 0 Å². The molecule has 0 saturated heterocycles. The lowest BCUT2D eigenvalue weighted by molar-refractivity contribution is 0.260. The molecule has 0 fully saturated rings. The molecule has 1 rings (SSSR count). The third-order valence-electron chi connectivity index (χ3n) is 2.44. The van der Waals surface area contributed by atoms with Crippen molar-refractivity contribution in [3.8, 4) is 0 Å². The molecule has 0 saturated carbocycles. The van der Waals surface area contributed by atoms with Crippen LogP contribution in [0.3, 0.4) is 0 Å². The van der Waals surface area contributed by atoms with Gasteiger partial charge in [0, 0.05) is 23.7 Å². The molecule has 0 amide bonds. The standard InChI is InChI=1S/C12H17ClFNO/c1-9(4-5-16)7-15-8-10-6-11(13)2-3-12(10)14/h2-3,6,9,15-16H,4-5,7-8H2,1H3. The lowest BCUT2D eigenvalue weighted by atomic mass is 10.1. The van der Waals surface area contributed by atoms with Gasteiger partial charge in [-0.3, -0.25) is 0 Å². The summed E-state index contributed by atoms with van der Waals surface area (Å²) in [6.45, 7) is 3.45. The van der Waals surface area contributed by atoms with Crippen molar-refractivity contribution in [2.45, 2.75) is 19.9 Å². The lowest BCUT2D eigenvalue weighted by Gasteiger charge is -2.11. The summed E-state index contributed by atoms with van der Waals surface area (Å²) in [5.41, 5.74) is 0.573. The lowest BCUT2D eigenvalue weighted by Crippen LogP contribution is -2.21. The van der Waals surface area contributed by atoms with E-state index in [2.05, 4.69) is 5.32 Å². The number of rotatable bonds is 6. The predicted octanol–water partition coefficient (Wildman–Crippen LogP) is 2.59. The SMILES string of the molecule is CC(CCO)CNCc1cc(Cl)ccc1F. The molecular weight excluding hydrogens is 229 g/mol. The van der Waals surface area contributed by atoms with Gasteiger partial charge in [-0.15, -0.1) is 0 Å². The quantitative estimate of drug-likeness (QED) is 0.808. The second-order valence-electron chi connectivity index (χ2n) is 3.98. The van der Waals surface area contributed by atoms with Crippen LogP contribution in [-0.4, -0.2) is 18.3 Å². The van der Waals surface area contributed by atoms with Crippen molar-refractivity contribution in [2.75, 3.05) is 13.2 Å². The Bertz CT molecular complexity index is 333. The summed E-state index contributed by atoms with van der Waals surface area (Å²) in [5.74, 6) is 0.138. The Labute approximate surface area is 100 Å². The Balaban J connectivity index is 2.39. The summed E-state index contributed by atoms with van der Waals surface area (Å²) in [6.07, 6.45) is 0.755. The highest BCUT2D eigenvalue weighted by atomic mass is 35.5. The summed E-state index contributed by atoms with van der Waals surface area (Å²) >= 11 is 5.78. The average molecular weight is 246 g/mol. The predicted molar refractivity (Wildman–Crippen MR) is 64.0 cm³/mol. The van der Waals surface area contributed by atoms with E-state index in [0.717, 1.165) is 13.0 Å². The Morgan fingerprint density at radius 2 is 2.25 bits per heavy atom. The Morgan fingerprint density at radius 1 is 1.50 bits per heavy atom. The van der Waals surface area contributed by atoms with E-state index in [4.69, 9.17) is 16.7 Å². The summed E-state index contributed by atoms with van der Waals surface area (Å²) in [4.78, 5) is 0. The van der Waals surface area contributed by atoms with E-state index in [-0.39, 0.29) is 12.4 Å². The molecule has 2 nitrogen and oxygen atoms in total. The number of hydrogen-bond donors (Lipinski definition) is 2. The molecule has 90 valence electrons. The van der Waals surface area contributed by atoms with Gasteiger partial charge in [0.15, 0.2) is 0 Å². The van der Waals surface area contributed by atoms with E-state index >= 15 is 0 Å². The van der Waals surface area contributed by atoms with Crippen LogP contribution >= 0.6 is 11.6 Å². The van der Waals surface area contributed by atoms with Crippen molar-refractivity contribution in [1.82, 2.24) is 5.32 Å². The second kappa shape index (κ2) is 6.84. The zero-order chi connectivity index (χ0) is 12.0. The zero-order valence-corrected chi connectivity index (χ0v) is 10.1. The Kier molecular flexibility index (Phi) is 5.74. The van der Waals surface area contributed by atoms with E-state index in [9.17, 15) is 4.39 Å². The van der Waals surface area contributed by atoms with Crippen LogP contribution < -0.4 is 5.32 Å². The van der Waals surface area contributed by atoms with Gasteiger partial charge in [0.05, 0.1) is 0 Å². The van der Waals surface area contributed by atoms with Gasteiger partial charge < -0.3 is 10.4 Å². The first-order valence-electron chi connectivity index (χ1n) is 5.39. The van der Waals surface area contributed by atoms with Crippen LogP contribution in [0.5, 0.6) is 0 Å². The average Bonchev–Trinajstić information content (AvgIpc) is 2.23. The number of halogens is 2. The van der Waals surface area contributed by atoms with Gasteiger partial charge in [-0.1, -0.05) is 18.5 Å². The molecule has 1 aromatic rings. The molecule has 0 aliphatic rings. The van der Waals surface area contributed by atoms with E-state index in [1.165, 1.54) is 12.1 Å². The molecule has 0 aliphatic heterocycles. The van der Waals surface area contributed by atoms with Gasteiger partial charge in [0.1, 0.15) is 5.82 Å². The van der Waals surface area contributed by atoms with Gasteiger partial charge in [0.25, 0.3) is 0 Å². The third kappa shape index (κ3) is 4.47. The van der Waals surface area contributed by atoms with Gasteiger partial charge in [0.2, 0.25) is 0 Å². The third-order valence-corrected chi connectivity index (χ3v) is 2.67. The molecule has 0 bridgehead atoms. The topological polar surface area (TPSA) is 32.3 Å². The fourth-order valence-electron chi connectivity index (χ4n) is 1.45. The van der Waals surface area contributed by atoms with Crippen LogP contribution in [0.15, 0.2) is 18.2 Å². The van der Waals surface area contributed by atoms with E-state index < -0.39 is 0 Å². The number of nitrogens with one attached hydrogen (secondary N) is 1. The maximum Gasteiger partial charge on any atom is 0.127 e. The summed E-state index contributed by atoms with van der Waals surface area (Å²) in [5, 5.41) is 12.4. The summed E-state index contributed by atoms with van der Waals surface area (Å²) in [6, 6.07) is 4.53.